The summed E-state index contributed by atoms with van der Waals surface area (Å²) in [6, 6.07) is 0. The van der Waals surface area contributed by atoms with Gasteiger partial charge in [0.1, 0.15) is 0 Å². The number of aliphatic hydroxyl groups is 1. The van der Waals surface area contributed by atoms with E-state index in [-0.39, 0.29) is 31.0 Å². The standard InChI is InChI=1S/C6H8O7.Na.H/c7-2-1-6(3(8)9,4(10)11)5(12)13;;/h7H,1-2H2,(H,8,9)(H,10,11)(H,12,13);;/q;+1;-1. The van der Waals surface area contributed by atoms with Gasteiger partial charge in [-0.05, 0) is 0 Å². The third-order valence-electron chi connectivity index (χ3n) is 1.58. The number of carboxylic acid groups (broad SMARTS) is 3. The summed E-state index contributed by atoms with van der Waals surface area (Å²) < 4.78 is 0. The normalized spacial score (nSPS) is 10.1. The van der Waals surface area contributed by atoms with Gasteiger partial charge >= 0.3 is 47.5 Å². The van der Waals surface area contributed by atoms with Crippen molar-refractivity contribution in [2.24, 2.45) is 5.41 Å². The Morgan fingerprint density at radius 3 is 1.36 bits per heavy atom. The van der Waals surface area contributed by atoms with Gasteiger partial charge in [0.05, 0.1) is 0 Å². The minimum atomic E-state index is -2.95. The molecule has 14 heavy (non-hydrogen) atoms. The monoisotopic (exact) mass is 216 g/mol. The Balaban J connectivity index is -0.000000720. The fourth-order valence-electron chi connectivity index (χ4n) is 0.763. The molecule has 0 atom stereocenters. The van der Waals surface area contributed by atoms with Gasteiger partial charge in [0, 0.05) is 13.0 Å². The molecule has 0 aliphatic heterocycles. The average molecular weight is 216 g/mol. The van der Waals surface area contributed by atoms with E-state index in [0.717, 1.165) is 0 Å². The molecule has 0 aliphatic rings. The molecule has 7 nitrogen and oxygen atoms in total. The molecule has 0 aromatic rings. The first kappa shape index (κ1) is 15.8. The smallest absolute Gasteiger partial charge is 1.00 e. The van der Waals surface area contributed by atoms with Crippen LogP contribution in [0.5, 0.6) is 0 Å². The Kier molecular flexibility index (Phi) is 6.75. The van der Waals surface area contributed by atoms with Crippen molar-refractivity contribution in [1.29, 1.82) is 0 Å². The molecule has 76 valence electrons. The molecule has 0 spiro atoms. The fraction of sp³-hybridized carbons (Fsp3) is 0.500. The minimum Gasteiger partial charge on any atom is -1.00 e. The van der Waals surface area contributed by atoms with Crippen LogP contribution in [-0.4, -0.2) is 44.9 Å². The Hall–Kier alpha value is -0.630. The van der Waals surface area contributed by atoms with Crippen molar-refractivity contribution in [1.82, 2.24) is 0 Å². The molecule has 0 radical (unpaired) electrons. The summed E-state index contributed by atoms with van der Waals surface area (Å²) in [6.07, 6.45) is -0.868. The molecule has 0 aliphatic carbocycles. The van der Waals surface area contributed by atoms with Crippen molar-refractivity contribution in [2.45, 2.75) is 6.42 Å². The summed E-state index contributed by atoms with van der Waals surface area (Å²) in [7, 11) is 0. The van der Waals surface area contributed by atoms with E-state index in [1.807, 2.05) is 0 Å². The maximum atomic E-state index is 10.4. The minimum absolute atomic E-state index is 0. The second-order valence-electron chi connectivity index (χ2n) is 2.29. The van der Waals surface area contributed by atoms with Crippen LogP contribution in [0.2, 0.25) is 0 Å². The molecule has 0 amide bonds. The third kappa shape index (κ3) is 2.68. The molecule has 0 aromatic heterocycles. The zero-order valence-electron chi connectivity index (χ0n) is 8.43. The Morgan fingerprint density at radius 2 is 1.29 bits per heavy atom. The SMILES string of the molecule is O=C(O)C(CCO)(C(=O)O)C(=O)O.[H-].[Na+]. The first-order valence-electron chi connectivity index (χ1n) is 3.20. The summed E-state index contributed by atoms with van der Waals surface area (Å²) >= 11 is 0. The van der Waals surface area contributed by atoms with Crippen LogP contribution in [0.25, 0.3) is 0 Å². The summed E-state index contributed by atoms with van der Waals surface area (Å²) in [5, 5.41) is 33.6. The van der Waals surface area contributed by atoms with Gasteiger partial charge in [-0.15, -0.1) is 0 Å². The largest absolute Gasteiger partial charge is 1.00 e. The molecule has 0 heterocycles. The maximum absolute atomic E-state index is 10.4. The van der Waals surface area contributed by atoms with Crippen molar-refractivity contribution in [3.63, 3.8) is 0 Å². The molecule has 0 rings (SSSR count). The summed E-state index contributed by atoms with van der Waals surface area (Å²) in [5.74, 6) is -6.00. The number of carbonyl (C=O) groups is 3. The van der Waals surface area contributed by atoms with Crippen molar-refractivity contribution in [3.8, 4) is 0 Å². The molecular formula is C6H9NaO7. The topological polar surface area (TPSA) is 132 Å². The van der Waals surface area contributed by atoms with E-state index in [0.29, 0.717) is 0 Å². The Bertz CT molecular complexity index is 218. The first-order valence-corrected chi connectivity index (χ1v) is 3.20. The molecule has 0 saturated carbocycles. The molecule has 0 bridgehead atoms. The van der Waals surface area contributed by atoms with E-state index in [1.54, 1.807) is 0 Å². The van der Waals surface area contributed by atoms with Crippen LogP contribution < -0.4 is 29.6 Å². The summed E-state index contributed by atoms with van der Waals surface area (Å²) in [6.45, 7) is -0.828. The first-order chi connectivity index (χ1) is 5.89. The van der Waals surface area contributed by atoms with E-state index in [1.165, 1.54) is 0 Å². The summed E-state index contributed by atoms with van der Waals surface area (Å²) in [5.41, 5.74) is -2.95. The predicted molar refractivity (Wildman–Crippen MR) is 38.2 cm³/mol. The van der Waals surface area contributed by atoms with Gasteiger partial charge in [-0.25, -0.2) is 0 Å². The quantitative estimate of drug-likeness (QED) is 0.270. The summed E-state index contributed by atoms with van der Waals surface area (Å²) in [4.78, 5) is 31.3. The number of carboxylic acids is 3. The van der Waals surface area contributed by atoms with Gasteiger partial charge in [-0.2, -0.15) is 0 Å². The molecule has 0 aromatic carbocycles. The van der Waals surface area contributed by atoms with Crippen LogP contribution in [0.15, 0.2) is 0 Å². The van der Waals surface area contributed by atoms with Crippen molar-refractivity contribution < 1.29 is 65.8 Å². The number of hydrogen-bond acceptors (Lipinski definition) is 4. The van der Waals surface area contributed by atoms with Crippen LogP contribution in [0.3, 0.4) is 0 Å². The van der Waals surface area contributed by atoms with Crippen LogP contribution in [0.1, 0.15) is 7.85 Å². The van der Waals surface area contributed by atoms with Crippen molar-refractivity contribution >= 4 is 17.9 Å². The van der Waals surface area contributed by atoms with Crippen LogP contribution in [0.4, 0.5) is 0 Å². The Labute approximate surface area is 102 Å². The van der Waals surface area contributed by atoms with E-state index < -0.39 is 36.4 Å². The van der Waals surface area contributed by atoms with Crippen LogP contribution >= 0.6 is 0 Å². The van der Waals surface area contributed by atoms with E-state index in [2.05, 4.69) is 0 Å². The Morgan fingerprint density at radius 1 is 1.00 bits per heavy atom. The van der Waals surface area contributed by atoms with Crippen LogP contribution in [0, 0.1) is 5.41 Å². The van der Waals surface area contributed by atoms with Gasteiger partial charge in [0.25, 0.3) is 5.41 Å². The maximum Gasteiger partial charge on any atom is 1.00 e. The van der Waals surface area contributed by atoms with E-state index in [9.17, 15) is 14.4 Å². The second kappa shape index (κ2) is 5.97. The van der Waals surface area contributed by atoms with Gasteiger partial charge < -0.3 is 21.9 Å². The molecule has 0 unspecified atom stereocenters. The van der Waals surface area contributed by atoms with Crippen molar-refractivity contribution in [3.05, 3.63) is 0 Å². The van der Waals surface area contributed by atoms with Gasteiger partial charge in [-0.3, -0.25) is 14.4 Å². The fourth-order valence-corrected chi connectivity index (χ4v) is 0.763. The number of hydrogen-bond donors (Lipinski definition) is 4. The van der Waals surface area contributed by atoms with Gasteiger partial charge in [-0.1, -0.05) is 0 Å². The molecule has 0 fully saturated rings. The zero-order chi connectivity index (χ0) is 10.6. The molecule has 0 saturated heterocycles. The van der Waals surface area contributed by atoms with Crippen LogP contribution in [-0.2, 0) is 14.4 Å². The number of aliphatic hydroxyl groups excluding tert-OH is 1. The zero-order valence-corrected chi connectivity index (χ0v) is 9.43. The number of rotatable bonds is 5. The van der Waals surface area contributed by atoms with Gasteiger partial charge in [0.15, 0.2) is 0 Å². The van der Waals surface area contributed by atoms with Gasteiger partial charge in [0.2, 0.25) is 0 Å². The molecule has 8 heteroatoms. The number of aliphatic carboxylic acids is 3. The van der Waals surface area contributed by atoms with Crippen molar-refractivity contribution in [2.75, 3.05) is 6.61 Å². The molecule has 4 N–H and O–H groups in total. The van der Waals surface area contributed by atoms with E-state index in [4.69, 9.17) is 20.4 Å². The van der Waals surface area contributed by atoms with E-state index >= 15 is 0 Å². The average Bonchev–Trinajstić information content (AvgIpc) is 1.97. The molecular weight excluding hydrogens is 207 g/mol. The predicted octanol–water partition coefficient (Wildman–Crippen LogP) is -4.27. The second-order valence-corrected chi connectivity index (χ2v) is 2.29. The third-order valence-corrected chi connectivity index (χ3v) is 1.58.